The molecule has 1 fully saturated rings. The van der Waals surface area contributed by atoms with Gasteiger partial charge in [0.25, 0.3) is 0 Å². The SMILES string of the molecule is CC/C=C(/C(=O)C1C(=O)CCCC1=O)C(COCCOC)=NCC(F)(F)F. The van der Waals surface area contributed by atoms with Gasteiger partial charge in [0.05, 0.1) is 25.5 Å². The summed E-state index contributed by atoms with van der Waals surface area (Å²) >= 11 is 0. The molecular formula is C18H24F3NO5. The van der Waals surface area contributed by atoms with Crippen LogP contribution in [0.4, 0.5) is 13.2 Å². The predicted octanol–water partition coefficient (Wildman–Crippen LogP) is 2.50. The van der Waals surface area contributed by atoms with Gasteiger partial charge in [-0.15, -0.1) is 0 Å². The number of allylic oxidation sites excluding steroid dienone is 1. The molecule has 0 bridgehead atoms. The third-order valence-electron chi connectivity index (χ3n) is 3.86. The summed E-state index contributed by atoms with van der Waals surface area (Å²) in [7, 11) is 1.44. The van der Waals surface area contributed by atoms with Crippen LogP contribution in [-0.4, -0.2) is 62.7 Å². The van der Waals surface area contributed by atoms with E-state index >= 15 is 0 Å². The Morgan fingerprint density at radius 3 is 2.37 bits per heavy atom. The van der Waals surface area contributed by atoms with E-state index in [1.54, 1.807) is 6.92 Å². The van der Waals surface area contributed by atoms with Crippen LogP contribution in [0.5, 0.6) is 0 Å². The second kappa shape index (κ2) is 11.1. The first-order chi connectivity index (χ1) is 12.7. The van der Waals surface area contributed by atoms with Crippen LogP contribution < -0.4 is 0 Å². The van der Waals surface area contributed by atoms with Crippen molar-refractivity contribution in [1.29, 1.82) is 0 Å². The van der Waals surface area contributed by atoms with Crippen LogP contribution in [0.2, 0.25) is 0 Å². The number of carbonyl (C=O) groups is 3. The number of alkyl halides is 3. The number of hydrogen-bond acceptors (Lipinski definition) is 6. The topological polar surface area (TPSA) is 82.0 Å². The number of aliphatic imine (C=N–C) groups is 1. The Morgan fingerprint density at radius 1 is 1.22 bits per heavy atom. The molecular weight excluding hydrogens is 367 g/mol. The van der Waals surface area contributed by atoms with E-state index in [4.69, 9.17) is 9.47 Å². The molecule has 0 aromatic heterocycles. The number of carbonyl (C=O) groups excluding carboxylic acids is 3. The number of Topliss-reactive ketones (excluding diaryl/α,β-unsaturated/α-hetero) is 3. The molecule has 1 aliphatic carbocycles. The molecule has 0 radical (unpaired) electrons. The van der Waals surface area contributed by atoms with Gasteiger partial charge in [-0.1, -0.05) is 13.0 Å². The van der Waals surface area contributed by atoms with Crippen molar-refractivity contribution < 1.29 is 37.0 Å². The molecule has 27 heavy (non-hydrogen) atoms. The summed E-state index contributed by atoms with van der Waals surface area (Å²) in [5.74, 6) is -3.28. The summed E-state index contributed by atoms with van der Waals surface area (Å²) in [5.41, 5.74) is -0.380. The average molecular weight is 391 g/mol. The normalized spacial score (nSPS) is 17.5. The molecule has 0 atom stereocenters. The van der Waals surface area contributed by atoms with Gasteiger partial charge in [0, 0.05) is 25.5 Å². The molecule has 1 rings (SSSR count). The molecule has 0 aromatic rings. The average Bonchev–Trinajstić information content (AvgIpc) is 2.58. The van der Waals surface area contributed by atoms with Gasteiger partial charge in [0.1, 0.15) is 12.5 Å². The summed E-state index contributed by atoms with van der Waals surface area (Å²) in [4.78, 5) is 40.4. The van der Waals surface area contributed by atoms with Crippen molar-refractivity contribution in [2.75, 3.05) is 33.5 Å². The smallest absolute Gasteiger partial charge is 0.382 e. The molecule has 0 aromatic carbocycles. The van der Waals surface area contributed by atoms with Crippen LogP contribution in [0.25, 0.3) is 0 Å². The molecule has 0 unspecified atom stereocenters. The van der Waals surface area contributed by atoms with Gasteiger partial charge in [-0.3, -0.25) is 19.4 Å². The maximum absolute atomic E-state index is 12.8. The van der Waals surface area contributed by atoms with Gasteiger partial charge in [-0.2, -0.15) is 13.2 Å². The molecule has 152 valence electrons. The summed E-state index contributed by atoms with van der Waals surface area (Å²) in [6.45, 7) is 0.150. The Balaban J connectivity index is 3.13. The van der Waals surface area contributed by atoms with Crippen molar-refractivity contribution in [1.82, 2.24) is 0 Å². The van der Waals surface area contributed by atoms with Crippen molar-refractivity contribution in [2.45, 2.75) is 38.8 Å². The Bertz CT molecular complexity index is 595. The van der Waals surface area contributed by atoms with E-state index in [0.717, 1.165) is 0 Å². The van der Waals surface area contributed by atoms with Crippen LogP contribution in [-0.2, 0) is 23.9 Å². The van der Waals surface area contributed by atoms with Crippen LogP contribution in [0.3, 0.4) is 0 Å². The van der Waals surface area contributed by atoms with Crippen molar-refractivity contribution in [2.24, 2.45) is 10.9 Å². The number of methoxy groups -OCH3 is 1. The summed E-state index contributed by atoms with van der Waals surface area (Å²) in [6, 6.07) is 0. The van der Waals surface area contributed by atoms with Gasteiger partial charge >= 0.3 is 6.18 Å². The van der Waals surface area contributed by atoms with Gasteiger partial charge in [0.15, 0.2) is 17.3 Å². The maximum Gasteiger partial charge on any atom is 0.407 e. The fourth-order valence-electron chi connectivity index (χ4n) is 2.62. The van der Waals surface area contributed by atoms with Crippen LogP contribution >= 0.6 is 0 Å². The van der Waals surface area contributed by atoms with E-state index in [9.17, 15) is 27.6 Å². The first kappa shape index (κ1) is 23.2. The number of rotatable bonds is 10. The van der Waals surface area contributed by atoms with Crippen LogP contribution in [0.15, 0.2) is 16.6 Å². The Morgan fingerprint density at radius 2 is 1.85 bits per heavy atom. The molecule has 1 saturated carbocycles. The monoisotopic (exact) mass is 391 g/mol. The zero-order valence-corrected chi connectivity index (χ0v) is 15.4. The summed E-state index contributed by atoms with van der Waals surface area (Å²) in [6.07, 6.45) is -2.29. The predicted molar refractivity (Wildman–Crippen MR) is 91.8 cm³/mol. The minimum absolute atomic E-state index is 0.0937. The quantitative estimate of drug-likeness (QED) is 0.247. The number of hydrogen-bond donors (Lipinski definition) is 0. The standard InChI is InChI=1S/C18H24F3NO5/c1-3-5-12(17(25)16-14(23)6-4-7-15(16)24)13(10-27-9-8-26-2)22-11-18(19,20)21/h5,16H,3-4,6-11H2,1-2H3/b12-5+,22-13?. The van der Waals surface area contributed by atoms with Gasteiger partial charge in [-0.05, 0) is 12.8 Å². The highest BCUT2D eigenvalue weighted by molar-refractivity contribution is 6.33. The summed E-state index contributed by atoms with van der Waals surface area (Å²) in [5, 5.41) is 0. The van der Waals surface area contributed by atoms with E-state index in [1.807, 2.05) is 0 Å². The molecule has 0 aliphatic heterocycles. The molecule has 0 spiro atoms. The highest BCUT2D eigenvalue weighted by atomic mass is 19.4. The fourth-order valence-corrected chi connectivity index (χ4v) is 2.62. The van der Waals surface area contributed by atoms with E-state index in [2.05, 4.69) is 4.99 Å². The third kappa shape index (κ3) is 7.72. The molecule has 0 amide bonds. The number of halogens is 3. The highest BCUT2D eigenvalue weighted by Gasteiger charge is 2.38. The van der Waals surface area contributed by atoms with Crippen LogP contribution in [0, 0.1) is 5.92 Å². The lowest BCUT2D eigenvalue weighted by Gasteiger charge is -2.20. The van der Waals surface area contributed by atoms with E-state index in [-0.39, 0.29) is 43.9 Å². The molecule has 1 aliphatic rings. The molecule has 0 N–H and O–H groups in total. The van der Waals surface area contributed by atoms with Crippen molar-refractivity contribution in [3.63, 3.8) is 0 Å². The van der Waals surface area contributed by atoms with Gasteiger partial charge in [-0.25, -0.2) is 0 Å². The number of ether oxygens (including phenoxy) is 2. The largest absolute Gasteiger partial charge is 0.407 e. The maximum atomic E-state index is 12.8. The van der Waals surface area contributed by atoms with Gasteiger partial charge < -0.3 is 9.47 Å². The molecule has 0 saturated heterocycles. The first-order valence-corrected chi connectivity index (χ1v) is 8.68. The number of nitrogens with zero attached hydrogens (tertiary/aromatic N) is 1. The molecule has 9 heteroatoms. The first-order valence-electron chi connectivity index (χ1n) is 8.68. The third-order valence-corrected chi connectivity index (χ3v) is 3.86. The number of ketones is 3. The Kier molecular flexibility index (Phi) is 9.51. The van der Waals surface area contributed by atoms with Crippen molar-refractivity contribution >= 4 is 23.1 Å². The fraction of sp³-hybridized carbons (Fsp3) is 0.667. The van der Waals surface area contributed by atoms with Crippen molar-refractivity contribution in [3.8, 4) is 0 Å². The Labute approximate surface area is 155 Å². The van der Waals surface area contributed by atoms with E-state index in [1.165, 1.54) is 13.2 Å². The lowest BCUT2D eigenvalue weighted by atomic mass is 9.80. The molecule has 6 nitrogen and oxygen atoms in total. The Hall–Kier alpha value is -1.87. The van der Waals surface area contributed by atoms with Crippen LogP contribution in [0.1, 0.15) is 32.6 Å². The zero-order chi connectivity index (χ0) is 20.4. The highest BCUT2D eigenvalue weighted by Crippen LogP contribution is 2.23. The second-order valence-electron chi connectivity index (χ2n) is 6.03. The van der Waals surface area contributed by atoms with Crippen molar-refractivity contribution in [3.05, 3.63) is 11.6 Å². The lowest BCUT2D eigenvalue weighted by molar-refractivity contribution is -0.140. The van der Waals surface area contributed by atoms with E-state index < -0.39 is 36.0 Å². The second-order valence-corrected chi connectivity index (χ2v) is 6.03. The van der Waals surface area contributed by atoms with E-state index in [0.29, 0.717) is 12.8 Å². The minimum Gasteiger partial charge on any atom is -0.382 e. The minimum atomic E-state index is -4.56. The lowest BCUT2D eigenvalue weighted by Crippen LogP contribution is -2.38. The molecule has 0 heterocycles. The zero-order valence-electron chi connectivity index (χ0n) is 15.4. The van der Waals surface area contributed by atoms with Gasteiger partial charge in [0.2, 0.25) is 0 Å². The summed E-state index contributed by atoms with van der Waals surface area (Å²) < 4.78 is 47.9.